The van der Waals surface area contributed by atoms with Crippen LogP contribution in [0.2, 0.25) is 0 Å². The summed E-state index contributed by atoms with van der Waals surface area (Å²) >= 11 is 0. The van der Waals surface area contributed by atoms with Gasteiger partial charge in [0, 0.05) is 72.2 Å². The van der Waals surface area contributed by atoms with Gasteiger partial charge < -0.3 is 19.1 Å². The minimum absolute atomic E-state index is 0. The number of allylic oxidation sites excluding steroid dienone is 2. The van der Waals surface area contributed by atoms with E-state index in [1.54, 1.807) is 0 Å². The second kappa shape index (κ2) is 19.5. The fraction of sp³-hybridized carbons (Fsp3) is 0.265. The van der Waals surface area contributed by atoms with Gasteiger partial charge in [-0.3, -0.25) is 0 Å². The summed E-state index contributed by atoms with van der Waals surface area (Å²) in [4.78, 5) is 9.80. The van der Waals surface area contributed by atoms with Crippen molar-refractivity contribution in [1.29, 1.82) is 0 Å². The molecule has 0 atom stereocenters. The number of nitrogens with zero attached hydrogens (tertiary/aromatic N) is 4. The normalized spacial score (nSPS) is 13.7. The predicted octanol–water partition coefficient (Wildman–Crippen LogP) is 17.7. The molecule has 1 aliphatic rings. The van der Waals surface area contributed by atoms with Crippen LogP contribution < -0.4 is 14.5 Å². The summed E-state index contributed by atoms with van der Waals surface area (Å²) in [5.74, 6) is 2.02. The van der Waals surface area contributed by atoms with Crippen LogP contribution in [0.25, 0.3) is 38.8 Å². The van der Waals surface area contributed by atoms with E-state index in [1.165, 1.54) is 39.1 Å². The van der Waals surface area contributed by atoms with E-state index < -0.39 is 10.8 Å². The van der Waals surface area contributed by atoms with Crippen molar-refractivity contribution in [1.82, 2.24) is 9.55 Å². The van der Waals surface area contributed by atoms with Gasteiger partial charge in [0.1, 0.15) is 5.82 Å². The summed E-state index contributed by atoms with van der Waals surface area (Å²) in [5, 5.41) is 2.20. The molecule has 0 unspecified atom stereocenters. The maximum absolute atomic E-state index is 6.92. The Bertz CT molecular complexity index is 3480. The predicted molar refractivity (Wildman–Crippen MR) is 306 cm³/mol. The third kappa shape index (κ3) is 9.89. The average molecular weight is 1150 g/mol. The van der Waals surface area contributed by atoms with Crippen molar-refractivity contribution < 1.29 is 25.8 Å². The van der Waals surface area contributed by atoms with Gasteiger partial charge in [0.05, 0.1) is 0 Å². The molecule has 0 saturated carbocycles. The second-order valence-corrected chi connectivity index (χ2v) is 24.0. The maximum atomic E-state index is 6.92. The molecule has 0 saturated heterocycles. The van der Waals surface area contributed by atoms with Gasteiger partial charge in [-0.25, -0.2) is 4.98 Å². The van der Waals surface area contributed by atoms with E-state index in [2.05, 4.69) is 281 Å². The number of anilines is 2. The molecule has 7 aromatic carbocycles. The summed E-state index contributed by atoms with van der Waals surface area (Å²) in [6.07, 6.45) is 1.92. The Balaban J connectivity index is 0.00000672. The zero-order chi connectivity index (χ0) is 51.7. The van der Waals surface area contributed by atoms with Crippen molar-refractivity contribution in [2.75, 3.05) is 9.80 Å². The molecule has 9 aromatic rings. The number of benzene rings is 7. The molecule has 3 heterocycles. The van der Waals surface area contributed by atoms with Crippen LogP contribution in [0.1, 0.15) is 118 Å². The first-order valence-corrected chi connectivity index (χ1v) is 25.8. The van der Waals surface area contributed by atoms with Crippen LogP contribution in [0.5, 0.6) is 11.5 Å². The zero-order valence-electron chi connectivity index (χ0n) is 45.3. The van der Waals surface area contributed by atoms with Crippen LogP contribution in [0.3, 0.4) is 0 Å². The molecular weight excluding hydrogens is 1080 g/mol. The van der Waals surface area contributed by atoms with Gasteiger partial charge in [0.15, 0.2) is 0 Å². The van der Waals surface area contributed by atoms with Crippen LogP contribution in [-0.2, 0) is 48.1 Å². The minimum atomic E-state index is -0.474. The topological polar surface area (TPSA) is 33.5 Å². The van der Waals surface area contributed by atoms with Crippen molar-refractivity contribution in [3.05, 3.63) is 234 Å². The van der Waals surface area contributed by atoms with Gasteiger partial charge in [-0.05, 0) is 90.9 Å². The van der Waals surface area contributed by atoms with Gasteiger partial charge in [-0.1, -0.05) is 205 Å². The SMILES string of the molecule is CC(C)(C)c1cc(N2[CH-]N(c3[c-]c(Oc4[c-]c5c(cc4)c4cc(-c6ccccc6)ccc4n5-c4cc(C(C)(C)C)ccn4)ccc3)C(C(C)(C)c3ccccc3)=C2C(C)(C)c2ccccc2)cc(C(C)(C)C)c1.[Pt]. The number of rotatable bonds is 10. The van der Waals surface area contributed by atoms with Crippen LogP contribution in [0.4, 0.5) is 11.4 Å². The first-order valence-electron chi connectivity index (χ1n) is 25.8. The molecule has 0 radical (unpaired) electrons. The Morgan fingerprint density at radius 2 is 1.00 bits per heavy atom. The van der Waals surface area contributed by atoms with E-state index in [-0.39, 0.29) is 37.3 Å². The van der Waals surface area contributed by atoms with Crippen molar-refractivity contribution in [3.8, 4) is 28.4 Å². The van der Waals surface area contributed by atoms with Crippen molar-refractivity contribution in [3.63, 3.8) is 0 Å². The van der Waals surface area contributed by atoms with Crippen LogP contribution >= 0.6 is 0 Å². The molecule has 380 valence electrons. The number of ether oxygens (including phenoxy) is 1. The van der Waals surface area contributed by atoms with Gasteiger partial charge in [0.2, 0.25) is 0 Å². The first-order chi connectivity index (χ1) is 34.6. The zero-order valence-corrected chi connectivity index (χ0v) is 47.6. The summed E-state index contributed by atoms with van der Waals surface area (Å²) < 4.78 is 9.15. The minimum Gasteiger partial charge on any atom is -0.509 e. The average Bonchev–Trinajstić information content (AvgIpc) is 3.94. The Morgan fingerprint density at radius 3 is 1.58 bits per heavy atom. The molecule has 1 aliphatic heterocycles. The van der Waals surface area contributed by atoms with E-state index in [9.17, 15) is 0 Å². The maximum Gasteiger partial charge on any atom is 0.135 e. The van der Waals surface area contributed by atoms with Crippen LogP contribution in [0, 0.1) is 18.8 Å². The van der Waals surface area contributed by atoms with Crippen molar-refractivity contribution in [2.24, 2.45) is 0 Å². The molecule has 2 aromatic heterocycles. The summed E-state index contributed by atoms with van der Waals surface area (Å²) in [5.41, 5.74) is 13.8. The van der Waals surface area contributed by atoms with E-state index >= 15 is 0 Å². The van der Waals surface area contributed by atoms with Gasteiger partial charge in [-0.15, -0.1) is 48.1 Å². The number of fused-ring (bicyclic) bond motifs is 3. The van der Waals surface area contributed by atoms with E-state index in [4.69, 9.17) is 9.72 Å². The smallest absolute Gasteiger partial charge is 0.135 e. The van der Waals surface area contributed by atoms with Gasteiger partial charge >= 0.3 is 0 Å². The Labute approximate surface area is 455 Å². The standard InChI is InChI=1S/C68H69N4O.Pt/c1-64(2,3)50-36-37-69-61(42-50)72-59-35-32-47(46-24-17-14-18-25-46)38-58(59)57-34-33-56(44-60(57)72)73-55-31-23-30-53(43-55)70-45-71(54-40-51(65(4,5)6)39-52(41-54)66(7,8)9)63(68(12,13)49-28-21-16-22-29-49)62(70)67(10,11)48-26-19-15-20-27-48;/h14-42,45H,1-13H3;/q-3;. The molecule has 0 spiro atoms. The van der Waals surface area contributed by atoms with E-state index in [1.807, 2.05) is 18.3 Å². The molecule has 0 bridgehead atoms. The molecule has 0 N–H and O–H groups in total. The van der Waals surface area contributed by atoms with Gasteiger partial charge in [-0.2, -0.15) is 12.1 Å². The summed E-state index contributed by atoms with van der Waals surface area (Å²) in [6, 6.07) is 68.6. The summed E-state index contributed by atoms with van der Waals surface area (Å²) in [6.45, 7) is 32.3. The molecule has 0 amide bonds. The van der Waals surface area contributed by atoms with Crippen LogP contribution in [0.15, 0.2) is 187 Å². The molecule has 10 rings (SSSR count). The van der Waals surface area contributed by atoms with Gasteiger partial charge in [0.25, 0.3) is 0 Å². The van der Waals surface area contributed by atoms with Crippen LogP contribution in [-0.4, -0.2) is 9.55 Å². The number of hydrogen-bond acceptors (Lipinski definition) is 4. The third-order valence-electron chi connectivity index (χ3n) is 14.9. The molecule has 0 fully saturated rings. The number of aromatic nitrogens is 2. The number of pyridine rings is 1. The largest absolute Gasteiger partial charge is 0.509 e. The molecular formula is C68H69N4OPt-3. The van der Waals surface area contributed by atoms with Crippen molar-refractivity contribution in [2.45, 2.75) is 117 Å². The Kier molecular flexibility index (Phi) is 13.8. The monoisotopic (exact) mass is 1150 g/mol. The third-order valence-corrected chi connectivity index (χ3v) is 14.9. The number of hydrogen-bond donors (Lipinski definition) is 0. The quantitative estimate of drug-likeness (QED) is 0.128. The Hall–Kier alpha value is -6.68. The molecule has 74 heavy (non-hydrogen) atoms. The molecule has 0 aliphatic carbocycles. The van der Waals surface area contributed by atoms with E-state index in [0.29, 0.717) is 11.5 Å². The molecule has 5 nitrogen and oxygen atoms in total. The fourth-order valence-corrected chi connectivity index (χ4v) is 10.4. The Morgan fingerprint density at radius 1 is 0.446 bits per heavy atom. The fourth-order valence-electron chi connectivity index (χ4n) is 10.4. The molecule has 6 heteroatoms. The van der Waals surface area contributed by atoms with Crippen molar-refractivity contribution >= 4 is 33.2 Å². The van der Waals surface area contributed by atoms with E-state index in [0.717, 1.165) is 50.3 Å². The summed E-state index contributed by atoms with van der Waals surface area (Å²) in [7, 11) is 0. The first kappa shape index (κ1) is 52.2. The second-order valence-electron chi connectivity index (χ2n) is 24.0.